The van der Waals surface area contributed by atoms with E-state index in [-0.39, 0.29) is 29.2 Å². The minimum absolute atomic E-state index is 0.0185. The van der Waals surface area contributed by atoms with Crippen molar-refractivity contribution in [3.63, 3.8) is 0 Å². The molecule has 2 N–H and O–H groups in total. The summed E-state index contributed by atoms with van der Waals surface area (Å²) < 4.78 is 43.4. The van der Waals surface area contributed by atoms with Crippen LogP contribution in [-0.2, 0) is 19.8 Å². The summed E-state index contributed by atoms with van der Waals surface area (Å²) in [5.74, 6) is -0.359. The molecule has 0 saturated heterocycles. The van der Waals surface area contributed by atoms with Crippen molar-refractivity contribution in [1.82, 2.24) is 19.6 Å². The van der Waals surface area contributed by atoms with Crippen LogP contribution in [0.25, 0.3) is 16.9 Å². The van der Waals surface area contributed by atoms with Gasteiger partial charge in [0.05, 0.1) is 29.2 Å². The zero-order chi connectivity index (χ0) is 22.9. The average molecular weight is 441 g/mol. The smallest absolute Gasteiger partial charge is 0.390 e. The van der Waals surface area contributed by atoms with Crippen molar-refractivity contribution < 1.29 is 23.1 Å². The van der Waals surface area contributed by atoms with E-state index < -0.39 is 17.6 Å². The van der Waals surface area contributed by atoms with Crippen LogP contribution >= 0.6 is 0 Å². The van der Waals surface area contributed by atoms with E-state index in [9.17, 15) is 23.1 Å². The molecule has 0 aliphatic carbocycles. The quantitative estimate of drug-likeness (QED) is 0.490. The standard InChI is InChI=1S/C22H18F3N5O2/c1-29-10-9-19(28-29)17-11-14(7-8-18(17)22(23,24)25)21(32)26-20-12-15(13-31)27-30(20)16-5-3-2-4-6-16/h2-12,31H,13H2,1H3,(H,26,32). The van der Waals surface area contributed by atoms with Crippen LogP contribution in [0.1, 0.15) is 21.6 Å². The van der Waals surface area contributed by atoms with E-state index >= 15 is 0 Å². The number of anilines is 1. The Labute approximate surface area is 180 Å². The minimum Gasteiger partial charge on any atom is -0.390 e. The number of hydrogen-bond donors (Lipinski definition) is 2. The van der Waals surface area contributed by atoms with Gasteiger partial charge < -0.3 is 10.4 Å². The number of carbonyl (C=O) groups excluding carboxylic acids is 1. The number of aliphatic hydroxyl groups excluding tert-OH is 1. The Morgan fingerprint density at radius 3 is 2.44 bits per heavy atom. The summed E-state index contributed by atoms with van der Waals surface area (Å²) in [6, 6.07) is 15.0. The van der Waals surface area contributed by atoms with Crippen molar-refractivity contribution in [1.29, 1.82) is 0 Å². The number of nitrogens with zero attached hydrogens (tertiary/aromatic N) is 4. The molecule has 0 spiro atoms. The number of nitrogens with one attached hydrogen (secondary N) is 1. The lowest BCUT2D eigenvalue weighted by Crippen LogP contribution is -2.16. The molecule has 0 saturated carbocycles. The van der Waals surface area contributed by atoms with Gasteiger partial charge in [-0.05, 0) is 36.4 Å². The number of rotatable bonds is 5. The highest BCUT2D eigenvalue weighted by atomic mass is 19.4. The first kappa shape index (κ1) is 21.3. The van der Waals surface area contributed by atoms with E-state index in [0.717, 1.165) is 18.2 Å². The van der Waals surface area contributed by atoms with Crippen molar-refractivity contribution in [2.45, 2.75) is 12.8 Å². The highest BCUT2D eigenvalue weighted by Gasteiger charge is 2.34. The van der Waals surface area contributed by atoms with Crippen LogP contribution in [0.5, 0.6) is 0 Å². The molecule has 32 heavy (non-hydrogen) atoms. The van der Waals surface area contributed by atoms with Gasteiger partial charge in [-0.1, -0.05) is 18.2 Å². The summed E-state index contributed by atoms with van der Waals surface area (Å²) in [4.78, 5) is 12.9. The molecule has 2 aromatic carbocycles. The maximum absolute atomic E-state index is 13.5. The lowest BCUT2D eigenvalue weighted by molar-refractivity contribution is -0.137. The molecule has 0 aliphatic rings. The minimum atomic E-state index is -4.61. The largest absolute Gasteiger partial charge is 0.417 e. The molecule has 0 fully saturated rings. The monoisotopic (exact) mass is 441 g/mol. The molecule has 2 heterocycles. The number of hydrogen-bond acceptors (Lipinski definition) is 4. The van der Waals surface area contributed by atoms with Crippen LogP contribution < -0.4 is 5.32 Å². The predicted molar refractivity (Wildman–Crippen MR) is 111 cm³/mol. The zero-order valence-corrected chi connectivity index (χ0v) is 16.8. The molecule has 0 radical (unpaired) electrons. The van der Waals surface area contributed by atoms with Gasteiger partial charge in [-0.3, -0.25) is 9.48 Å². The Morgan fingerprint density at radius 1 is 1.06 bits per heavy atom. The molecular weight excluding hydrogens is 423 g/mol. The van der Waals surface area contributed by atoms with Gasteiger partial charge in [0.15, 0.2) is 0 Å². The molecule has 0 atom stereocenters. The summed E-state index contributed by atoms with van der Waals surface area (Å²) in [6.45, 7) is -0.340. The van der Waals surface area contributed by atoms with Crippen molar-refractivity contribution >= 4 is 11.7 Å². The van der Waals surface area contributed by atoms with Gasteiger partial charge in [0.2, 0.25) is 0 Å². The third kappa shape index (κ3) is 4.26. The Hall–Kier alpha value is -3.92. The SMILES string of the molecule is Cn1ccc(-c2cc(C(=O)Nc3cc(CO)nn3-c3ccccc3)ccc2C(F)(F)F)n1. The highest BCUT2D eigenvalue weighted by molar-refractivity contribution is 6.04. The first-order valence-corrected chi connectivity index (χ1v) is 9.54. The summed E-state index contributed by atoms with van der Waals surface area (Å²) in [5.41, 5.74) is 0.00855. The first-order chi connectivity index (χ1) is 15.3. The third-order valence-electron chi connectivity index (χ3n) is 4.74. The molecular formula is C22H18F3N5O2. The Kier molecular flexibility index (Phi) is 5.54. The van der Waals surface area contributed by atoms with Crippen molar-refractivity contribution in [3.05, 3.63) is 83.7 Å². The van der Waals surface area contributed by atoms with Crippen LogP contribution in [-0.4, -0.2) is 30.6 Å². The molecule has 0 aliphatic heterocycles. The van der Waals surface area contributed by atoms with Crippen molar-refractivity contribution in [2.24, 2.45) is 7.05 Å². The predicted octanol–water partition coefficient (Wildman–Crippen LogP) is 4.04. The highest BCUT2D eigenvalue weighted by Crippen LogP contribution is 2.37. The van der Waals surface area contributed by atoms with Gasteiger partial charge in [0, 0.05) is 30.4 Å². The number of alkyl halides is 3. The number of amides is 1. The third-order valence-corrected chi connectivity index (χ3v) is 4.74. The van der Waals surface area contributed by atoms with Crippen molar-refractivity contribution in [3.8, 4) is 16.9 Å². The average Bonchev–Trinajstić information content (AvgIpc) is 3.39. The van der Waals surface area contributed by atoms with E-state index in [0.29, 0.717) is 11.4 Å². The Balaban J connectivity index is 1.71. The van der Waals surface area contributed by atoms with E-state index in [2.05, 4.69) is 15.5 Å². The molecule has 4 aromatic rings. The Morgan fingerprint density at radius 2 is 1.81 bits per heavy atom. The molecule has 0 unspecified atom stereocenters. The van der Waals surface area contributed by atoms with Crippen LogP contribution in [0.4, 0.5) is 19.0 Å². The van der Waals surface area contributed by atoms with Crippen molar-refractivity contribution in [2.75, 3.05) is 5.32 Å². The number of aliphatic hydroxyl groups is 1. The molecule has 0 bridgehead atoms. The molecule has 1 amide bonds. The van der Waals surface area contributed by atoms with Gasteiger partial charge in [-0.25, -0.2) is 4.68 Å². The van der Waals surface area contributed by atoms with Gasteiger partial charge in [0.25, 0.3) is 5.91 Å². The number of carbonyl (C=O) groups is 1. The van der Waals surface area contributed by atoms with Crippen LogP contribution in [0.15, 0.2) is 66.9 Å². The fraction of sp³-hybridized carbons (Fsp3) is 0.136. The van der Waals surface area contributed by atoms with Crippen LogP contribution in [0, 0.1) is 0 Å². The lowest BCUT2D eigenvalue weighted by atomic mass is 10.0. The summed E-state index contributed by atoms with van der Waals surface area (Å²) in [7, 11) is 1.59. The number of aromatic nitrogens is 4. The topological polar surface area (TPSA) is 85.0 Å². The fourth-order valence-corrected chi connectivity index (χ4v) is 3.25. The molecule has 10 heteroatoms. The number of halogens is 3. The number of para-hydroxylation sites is 1. The van der Waals surface area contributed by atoms with Gasteiger partial charge >= 0.3 is 6.18 Å². The molecule has 7 nitrogen and oxygen atoms in total. The summed E-state index contributed by atoms with van der Waals surface area (Å²) >= 11 is 0. The second-order valence-corrected chi connectivity index (χ2v) is 7.01. The van der Waals surface area contributed by atoms with Gasteiger partial charge in [-0.2, -0.15) is 23.4 Å². The summed E-state index contributed by atoms with van der Waals surface area (Å²) in [6.07, 6.45) is -3.08. The normalized spacial score (nSPS) is 11.5. The van der Waals surface area contributed by atoms with E-state index in [1.807, 2.05) is 6.07 Å². The zero-order valence-electron chi connectivity index (χ0n) is 16.8. The number of benzene rings is 2. The Bertz CT molecular complexity index is 1260. The second-order valence-electron chi connectivity index (χ2n) is 7.01. The molecule has 164 valence electrons. The maximum atomic E-state index is 13.5. The van der Waals surface area contributed by atoms with Crippen LogP contribution in [0.3, 0.4) is 0 Å². The number of aryl methyl sites for hydroxylation is 1. The lowest BCUT2D eigenvalue weighted by Gasteiger charge is -2.14. The van der Waals surface area contributed by atoms with Crippen LogP contribution in [0.2, 0.25) is 0 Å². The maximum Gasteiger partial charge on any atom is 0.417 e. The fourth-order valence-electron chi connectivity index (χ4n) is 3.25. The second kappa shape index (κ2) is 8.31. The summed E-state index contributed by atoms with van der Waals surface area (Å²) in [5, 5.41) is 20.4. The molecule has 4 rings (SSSR count). The van der Waals surface area contributed by atoms with E-state index in [4.69, 9.17) is 0 Å². The van der Waals surface area contributed by atoms with Gasteiger partial charge in [0.1, 0.15) is 5.82 Å². The van der Waals surface area contributed by atoms with Gasteiger partial charge in [-0.15, -0.1) is 0 Å². The van der Waals surface area contributed by atoms with E-state index in [1.54, 1.807) is 31.3 Å². The van der Waals surface area contributed by atoms with E-state index in [1.165, 1.54) is 27.7 Å². The first-order valence-electron chi connectivity index (χ1n) is 9.54. The molecule has 2 aromatic heterocycles.